The molecule has 0 aromatic heterocycles. The molecule has 0 saturated heterocycles. The van der Waals surface area contributed by atoms with Crippen molar-refractivity contribution in [1.82, 2.24) is 10.9 Å². The van der Waals surface area contributed by atoms with Gasteiger partial charge < -0.3 is 0 Å². The van der Waals surface area contributed by atoms with E-state index in [9.17, 15) is 32.5 Å². The van der Waals surface area contributed by atoms with Crippen LogP contribution in [0.3, 0.4) is 0 Å². The summed E-state index contributed by atoms with van der Waals surface area (Å²) in [4.78, 5) is 34.4. The van der Waals surface area contributed by atoms with Crippen LogP contribution in [0.1, 0.15) is 20.7 Å². The lowest BCUT2D eigenvalue weighted by Crippen LogP contribution is -2.42. The largest absolute Gasteiger partial charge is 0.279 e. The molecule has 0 unspecified atom stereocenters. The molecule has 0 fully saturated rings. The Morgan fingerprint density at radius 2 is 1.44 bits per heavy atom. The van der Waals surface area contributed by atoms with Gasteiger partial charge in [0.1, 0.15) is 5.82 Å². The summed E-state index contributed by atoms with van der Waals surface area (Å²) in [6.45, 7) is 0. The van der Waals surface area contributed by atoms with Gasteiger partial charge in [-0.25, -0.2) is 12.8 Å². The van der Waals surface area contributed by atoms with Gasteiger partial charge in [0.05, 0.1) is 26.6 Å². The number of hydrogen-bond donors (Lipinski definition) is 3. The van der Waals surface area contributed by atoms with Crippen LogP contribution in [0.5, 0.6) is 0 Å². The van der Waals surface area contributed by atoms with Crippen LogP contribution >= 0.6 is 0 Å². The zero-order valence-electron chi connectivity index (χ0n) is 16.1. The normalized spacial score (nSPS) is 10.8. The second-order valence-electron chi connectivity index (χ2n) is 6.29. The van der Waals surface area contributed by atoms with Gasteiger partial charge in [0.15, 0.2) is 0 Å². The van der Waals surface area contributed by atoms with E-state index >= 15 is 0 Å². The predicted octanol–water partition coefficient (Wildman–Crippen LogP) is 2.61. The van der Waals surface area contributed by atoms with Gasteiger partial charge in [0, 0.05) is 12.1 Å². The maximum atomic E-state index is 13.7. The molecule has 0 aliphatic heterocycles. The van der Waals surface area contributed by atoms with Crippen LogP contribution in [-0.2, 0) is 10.0 Å². The van der Waals surface area contributed by atoms with Crippen molar-refractivity contribution in [2.75, 3.05) is 4.72 Å². The molecule has 3 aromatic carbocycles. The van der Waals surface area contributed by atoms with Gasteiger partial charge in [0.2, 0.25) is 0 Å². The van der Waals surface area contributed by atoms with E-state index in [4.69, 9.17) is 0 Å². The Balaban J connectivity index is 1.79. The van der Waals surface area contributed by atoms with Crippen LogP contribution in [0.4, 0.5) is 15.8 Å². The number of nitrogens with one attached hydrogen (secondary N) is 3. The maximum absolute atomic E-state index is 13.7. The molecule has 32 heavy (non-hydrogen) atoms. The number of carbonyl (C=O) groups excluding carboxylic acids is 2. The summed E-state index contributed by atoms with van der Waals surface area (Å²) in [6, 6.07) is 15.0. The number of halogens is 1. The third-order valence-electron chi connectivity index (χ3n) is 4.16. The zero-order valence-corrected chi connectivity index (χ0v) is 16.9. The van der Waals surface area contributed by atoms with Crippen LogP contribution in [0.25, 0.3) is 0 Å². The lowest BCUT2D eigenvalue weighted by atomic mass is 10.2. The maximum Gasteiger partial charge on any atom is 0.272 e. The standard InChI is InChI=1S/C20H15FN4O6S/c21-17-10-3-1-8-15(17)19(26)22-23-20(27)16-9-2-4-11-18(16)24-32(30,31)14-7-5-6-13(12-14)25(28)29/h1-12,24H,(H,22,26)(H,23,27). The van der Waals surface area contributed by atoms with Crippen molar-refractivity contribution in [3.8, 4) is 0 Å². The molecule has 0 bridgehead atoms. The molecular weight excluding hydrogens is 443 g/mol. The first-order valence-electron chi connectivity index (χ1n) is 8.90. The number of rotatable bonds is 6. The monoisotopic (exact) mass is 458 g/mol. The zero-order chi connectivity index (χ0) is 23.3. The highest BCUT2D eigenvalue weighted by Crippen LogP contribution is 2.22. The Hall–Kier alpha value is -4.32. The Bertz CT molecular complexity index is 1310. The predicted molar refractivity (Wildman–Crippen MR) is 112 cm³/mol. The molecule has 0 radical (unpaired) electrons. The molecule has 0 saturated carbocycles. The number of anilines is 1. The van der Waals surface area contributed by atoms with Gasteiger partial charge in [0.25, 0.3) is 27.5 Å². The van der Waals surface area contributed by atoms with Crippen molar-refractivity contribution in [1.29, 1.82) is 0 Å². The van der Waals surface area contributed by atoms with Gasteiger partial charge >= 0.3 is 0 Å². The van der Waals surface area contributed by atoms with Gasteiger partial charge in [-0.2, -0.15) is 0 Å². The summed E-state index contributed by atoms with van der Waals surface area (Å²) in [5.74, 6) is -2.58. The second-order valence-corrected chi connectivity index (χ2v) is 7.98. The third-order valence-corrected chi connectivity index (χ3v) is 5.53. The van der Waals surface area contributed by atoms with Crippen LogP contribution in [0.15, 0.2) is 77.7 Å². The Morgan fingerprint density at radius 1 is 0.844 bits per heavy atom. The van der Waals surface area contributed by atoms with Gasteiger partial charge in [-0.3, -0.25) is 35.3 Å². The van der Waals surface area contributed by atoms with Crippen LogP contribution in [-0.4, -0.2) is 25.2 Å². The summed E-state index contributed by atoms with van der Waals surface area (Å²) in [7, 11) is -4.28. The quantitative estimate of drug-likeness (QED) is 0.382. The van der Waals surface area contributed by atoms with Crippen molar-refractivity contribution in [2.24, 2.45) is 0 Å². The van der Waals surface area contributed by atoms with Crippen LogP contribution in [0, 0.1) is 15.9 Å². The minimum absolute atomic E-state index is 0.142. The topological polar surface area (TPSA) is 148 Å². The average Bonchev–Trinajstić information content (AvgIpc) is 2.77. The first-order valence-corrected chi connectivity index (χ1v) is 10.4. The number of para-hydroxylation sites is 1. The SMILES string of the molecule is O=C(NNC(=O)c1ccccc1NS(=O)(=O)c1cccc([N+](=O)[O-])c1)c1ccccc1F. The van der Waals surface area contributed by atoms with Crippen LogP contribution < -0.4 is 15.6 Å². The number of hydrogen-bond acceptors (Lipinski definition) is 6. The van der Waals surface area contributed by atoms with E-state index in [-0.39, 0.29) is 21.7 Å². The molecule has 0 atom stereocenters. The third kappa shape index (κ3) is 5.05. The molecule has 0 spiro atoms. The Labute approximate surface area is 181 Å². The number of benzene rings is 3. The fourth-order valence-corrected chi connectivity index (χ4v) is 3.75. The summed E-state index contributed by atoms with van der Waals surface area (Å²) in [5.41, 5.74) is 3.11. The number of nitro benzene ring substituents is 1. The molecular formula is C20H15FN4O6S. The minimum Gasteiger partial charge on any atom is -0.279 e. The second kappa shape index (κ2) is 9.22. The van der Waals surface area contributed by atoms with E-state index in [0.717, 1.165) is 24.3 Å². The van der Waals surface area contributed by atoms with Gasteiger partial charge in [-0.15, -0.1) is 0 Å². The first kappa shape index (κ1) is 22.4. The molecule has 2 amide bonds. The van der Waals surface area contributed by atoms with Gasteiger partial charge in [-0.05, 0) is 30.3 Å². The molecule has 0 heterocycles. The summed E-state index contributed by atoms with van der Waals surface area (Å²) >= 11 is 0. The Morgan fingerprint density at radius 3 is 2.09 bits per heavy atom. The molecule has 3 rings (SSSR count). The van der Waals surface area contributed by atoms with E-state index in [0.29, 0.717) is 0 Å². The number of non-ortho nitro benzene ring substituents is 1. The van der Waals surface area contributed by atoms with Crippen molar-refractivity contribution in [2.45, 2.75) is 4.90 Å². The van der Waals surface area contributed by atoms with E-state index in [2.05, 4.69) is 10.1 Å². The van der Waals surface area contributed by atoms with Crippen molar-refractivity contribution >= 4 is 33.2 Å². The van der Waals surface area contributed by atoms with E-state index in [1.807, 2.05) is 5.43 Å². The number of nitro groups is 1. The highest BCUT2D eigenvalue weighted by atomic mass is 32.2. The molecule has 10 nitrogen and oxygen atoms in total. The van der Waals surface area contributed by atoms with E-state index in [1.165, 1.54) is 48.5 Å². The van der Waals surface area contributed by atoms with E-state index < -0.39 is 38.3 Å². The lowest BCUT2D eigenvalue weighted by Gasteiger charge is -2.13. The van der Waals surface area contributed by atoms with E-state index in [1.54, 1.807) is 0 Å². The lowest BCUT2D eigenvalue weighted by molar-refractivity contribution is -0.385. The van der Waals surface area contributed by atoms with Crippen LogP contribution in [0.2, 0.25) is 0 Å². The van der Waals surface area contributed by atoms with Crippen molar-refractivity contribution in [3.05, 3.63) is 99.9 Å². The fourth-order valence-electron chi connectivity index (χ4n) is 2.63. The molecule has 0 aliphatic rings. The highest BCUT2D eigenvalue weighted by molar-refractivity contribution is 7.92. The molecule has 3 aromatic rings. The summed E-state index contributed by atoms with van der Waals surface area (Å²) < 4.78 is 41.2. The number of sulfonamides is 1. The highest BCUT2D eigenvalue weighted by Gasteiger charge is 2.21. The summed E-state index contributed by atoms with van der Waals surface area (Å²) in [6.07, 6.45) is 0. The molecule has 12 heteroatoms. The number of nitrogens with zero attached hydrogens (tertiary/aromatic N) is 1. The minimum atomic E-state index is -4.28. The van der Waals surface area contributed by atoms with Crippen molar-refractivity contribution in [3.63, 3.8) is 0 Å². The molecule has 3 N–H and O–H groups in total. The number of hydrazine groups is 1. The van der Waals surface area contributed by atoms with Crippen molar-refractivity contribution < 1.29 is 27.3 Å². The molecule has 164 valence electrons. The van der Waals surface area contributed by atoms with Gasteiger partial charge in [-0.1, -0.05) is 30.3 Å². The first-order chi connectivity index (χ1) is 15.2. The smallest absolute Gasteiger partial charge is 0.272 e. The number of carbonyl (C=O) groups is 2. The Kier molecular flexibility index (Phi) is 6.45. The molecule has 0 aliphatic carbocycles. The average molecular weight is 458 g/mol. The summed E-state index contributed by atoms with van der Waals surface area (Å²) in [5, 5.41) is 10.9. The fraction of sp³-hybridized carbons (Fsp3) is 0. The number of amides is 2.